The second kappa shape index (κ2) is 6.34. The molecule has 2 rings (SSSR count). The average Bonchev–Trinajstić information content (AvgIpc) is 2.47. The molecule has 0 aromatic heterocycles. The minimum absolute atomic E-state index is 0.111. The summed E-state index contributed by atoms with van der Waals surface area (Å²) in [5.74, 6) is -1.04. The smallest absolute Gasteiger partial charge is 0.423 e. The first-order valence-corrected chi connectivity index (χ1v) is 6.70. The molecule has 7 heteroatoms. The lowest BCUT2D eigenvalue weighted by atomic mass is 9.79. The van der Waals surface area contributed by atoms with E-state index in [1.165, 1.54) is 12.1 Å². The molecular weight excluding hydrogens is 262 g/mol. The van der Waals surface area contributed by atoms with Gasteiger partial charge in [0.15, 0.2) is 0 Å². The Labute approximate surface area is 117 Å². The highest BCUT2D eigenvalue weighted by atomic mass is 19.1. The summed E-state index contributed by atoms with van der Waals surface area (Å²) in [6.07, 6.45) is 0. The Balaban J connectivity index is 2.15. The van der Waals surface area contributed by atoms with Crippen LogP contribution in [0.3, 0.4) is 0 Å². The first kappa shape index (κ1) is 15.0. The van der Waals surface area contributed by atoms with Crippen LogP contribution >= 0.6 is 0 Å². The van der Waals surface area contributed by atoms with E-state index in [2.05, 4.69) is 11.8 Å². The molecule has 0 spiro atoms. The van der Waals surface area contributed by atoms with Gasteiger partial charge in [0.25, 0.3) is 5.91 Å². The molecule has 0 saturated carbocycles. The third kappa shape index (κ3) is 3.17. The zero-order valence-corrected chi connectivity index (χ0v) is 11.4. The summed E-state index contributed by atoms with van der Waals surface area (Å²) in [6, 6.07) is 3.55. The van der Waals surface area contributed by atoms with Crippen molar-refractivity contribution in [2.75, 3.05) is 32.7 Å². The van der Waals surface area contributed by atoms with Gasteiger partial charge in [-0.25, -0.2) is 4.39 Å². The van der Waals surface area contributed by atoms with Gasteiger partial charge in [0.05, 0.1) is 5.56 Å². The van der Waals surface area contributed by atoms with Gasteiger partial charge in [-0.2, -0.15) is 0 Å². The van der Waals surface area contributed by atoms with Crippen LogP contribution in [0.25, 0.3) is 0 Å². The second-order valence-electron chi connectivity index (χ2n) is 4.84. The van der Waals surface area contributed by atoms with Crippen molar-refractivity contribution in [2.24, 2.45) is 0 Å². The Morgan fingerprint density at radius 3 is 2.50 bits per heavy atom. The minimum atomic E-state index is -1.71. The summed E-state index contributed by atoms with van der Waals surface area (Å²) in [7, 11) is -1.71. The van der Waals surface area contributed by atoms with Gasteiger partial charge >= 0.3 is 7.12 Å². The van der Waals surface area contributed by atoms with Crippen molar-refractivity contribution in [3.8, 4) is 0 Å². The number of benzene rings is 1. The summed E-state index contributed by atoms with van der Waals surface area (Å²) in [5, 5.41) is 18.2. The largest absolute Gasteiger partial charge is 0.488 e. The van der Waals surface area contributed by atoms with Crippen molar-refractivity contribution in [3.05, 3.63) is 29.6 Å². The molecule has 1 amide bonds. The van der Waals surface area contributed by atoms with Crippen LogP contribution in [0.15, 0.2) is 18.2 Å². The maximum absolute atomic E-state index is 13.8. The second-order valence-corrected chi connectivity index (χ2v) is 4.84. The molecule has 1 fully saturated rings. The average molecular weight is 280 g/mol. The highest BCUT2D eigenvalue weighted by molar-refractivity contribution is 6.58. The summed E-state index contributed by atoms with van der Waals surface area (Å²) in [6.45, 7) is 5.64. The van der Waals surface area contributed by atoms with E-state index in [0.717, 1.165) is 25.7 Å². The van der Waals surface area contributed by atoms with Gasteiger partial charge in [0.2, 0.25) is 0 Å². The number of halogens is 1. The molecule has 1 heterocycles. The van der Waals surface area contributed by atoms with E-state index in [1.807, 2.05) is 0 Å². The van der Waals surface area contributed by atoms with Gasteiger partial charge in [0.1, 0.15) is 5.82 Å². The highest BCUT2D eigenvalue weighted by Crippen LogP contribution is 2.11. The van der Waals surface area contributed by atoms with Crippen molar-refractivity contribution in [2.45, 2.75) is 6.92 Å². The van der Waals surface area contributed by atoms with Crippen LogP contribution in [-0.4, -0.2) is 65.6 Å². The molecule has 0 bridgehead atoms. The molecule has 108 valence electrons. The summed E-state index contributed by atoms with van der Waals surface area (Å²) in [5.41, 5.74) is 0.00231. The quantitative estimate of drug-likeness (QED) is 0.718. The Bertz CT molecular complexity index is 491. The third-order valence-corrected chi connectivity index (χ3v) is 3.63. The maximum Gasteiger partial charge on any atom is 0.488 e. The third-order valence-electron chi connectivity index (χ3n) is 3.63. The zero-order chi connectivity index (χ0) is 14.7. The molecule has 1 aliphatic rings. The Kier molecular flexibility index (Phi) is 4.75. The Hall–Kier alpha value is -1.44. The van der Waals surface area contributed by atoms with Gasteiger partial charge in [-0.05, 0) is 24.1 Å². The van der Waals surface area contributed by atoms with Gasteiger partial charge in [0, 0.05) is 26.2 Å². The van der Waals surface area contributed by atoms with Crippen LogP contribution in [-0.2, 0) is 0 Å². The van der Waals surface area contributed by atoms with E-state index in [1.54, 1.807) is 4.90 Å². The topological polar surface area (TPSA) is 64.0 Å². The van der Waals surface area contributed by atoms with E-state index < -0.39 is 18.8 Å². The standard InChI is InChI=1S/C13H18BFN2O3/c1-2-16-5-7-17(8-6-16)13(18)11-9-10(14(19)20)3-4-12(11)15/h3-4,9,19-20H,2,5-8H2,1H3. The summed E-state index contributed by atoms with van der Waals surface area (Å²) < 4.78 is 13.8. The normalized spacial score (nSPS) is 16.3. The van der Waals surface area contributed by atoms with Crippen molar-refractivity contribution >= 4 is 18.5 Å². The van der Waals surface area contributed by atoms with E-state index in [0.29, 0.717) is 13.1 Å². The number of likely N-dealkylation sites (N-methyl/N-ethyl adjacent to an activating group) is 1. The van der Waals surface area contributed by atoms with Crippen molar-refractivity contribution < 1.29 is 19.2 Å². The predicted molar refractivity (Wildman–Crippen MR) is 74.2 cm³/mol. The summed E-state index contributed by atoms with van der Waals surface area (Å²) in [4.78, 5) is 16.1. The number of amides is 1. The lowest BCUT2D eigenvalue weighted by molar-refractivity contribution is 0.0639. The fraction of sp³-hybridized carbons (Fsp3) is 0.462. The van der Waals surface area contributed by atoms with Gasteiger partial charge in [-0.3, -0.25) is 4.79 Å². The number of carbonyl (C=O) groups is 1. The highest BCUT2D eigenvalue weighted by Gasteiger charge is 2.24. The van der Waals surface area contributed by atoms with Gasteiger partial charge in [-0.15, -0.1) is 0 Å². The van der Waals surface area contributed by atoms with E-state index in [4.69, 9.17) is 10.0 Å². The number of carbonyl (C=O) groups excluding carboxylic acids is 1. The molecule has 0 aliphatic carbocycles. The molecule has 1 saturated heterocycles. The summed E-state index contributed by atoms with van der Waals surface area (Å²) >= 11 is 0. The van der Waals surface area contributed by atoms with Gasteiger partial charge in [-0.1, -0.05) is 13.0 Å². The molecule has 5 nitrogen and oxygen atoms in total. The van der Waals surface area contributed by atoms with Crippen molar-refractivity contribution in [1.82, 2.24) is 9.80 Å². The first-order valence-electron chi connectivity index (χ1n) is 6.70. The Morgan fingerprint density at radius 2 is 1.95 bits per heavy atom. The SMILES string of the molecule is CCN1CCN(C(=O)c2cc(B(O)O)ccc2F)CC1. The van der Waals surface area contributed by atoms with Gasteiger partial charge < -0.3 is 19.8 Å². The number of hydrogen-bond donors (Lipinski definition) is 2. The van der Waals surface area contributed by atoms with Crippen LogP contribution in [0.5, 0.6) is 0 Å². The Morgan fingerprint density at radius 1 is 1.30 bits per heavy atom. The fourth-order valence-electron chi connectivity index (χ4n) is 2.30. The number of hydrogen-bond acceptors (Lipinski definition) is 4. The molecule has 1 aromatic rings. The zero-order valence-electron chi connectivity index (χ0n) is 11.4. The van der Waals surface area contributed by atoms with E-state index in [-0.39, 0.29) is 11.0 Å². The van der Waals surface area contributed by atoms with Crippen LogP contribution in [0.2, 0.25) is 0 Å². The van der Waals surface area contributed by atoms with E-state index >= 15 is 0 Å². The maximum atomic E-state index is 13.8. The van der Waals surface area contributed by atoms with Crippen molar-refractivity contribution in [3.63, 3.8) is 0 Å². The van der Waals surface area contributed by atoms with Crippen LogP contribution in [0.1, 0.15) is 17.3 Å². The number of nitrogens with zero attached hydrogens (tertiary/aromatic N) is 2. The number of rotatable bonds is 3. The number of piperazine rings is 1. The predicted octanol–water partition coefficient (Wildman–Crippen LogP) is -0.717. The van der Waals surface area contributed by atoms with Crippen LogP contribution < -0.4 is 5.46 Å². The molecule has 0 radical (unpaired) electrons. The lowest BCUT2D eigenvalue weighted by Gasteiger charge is -2.34. The molecule has 20 heavy (non-hydrogen) atoms. The fourth-order valence-corrected chi connectivity index (χ4v) is 2.30. The lowest BCUT2D eigenvalue weighted by Crippen LogP contribution is -2.48. The van der Waals surface area contributed by atoms with E-state index in [9.17, 15) is 9.18 Å². The van der Waals surface area contributed by atoms with Crippen LogP contribution in [0, 0.1) is 5.82 Å². The van der Waals surface area contributed by atoms with Crippen LogP contribution in [0.4, 0.5) is 4.39 Å². The molecule has 1 aliphatic heterocycles. The van der Waals surface area contributed by atoms with Crippen molar-refractivity contribution in [1.29, 1.82) is 0 Å². The molecule has 2 N–H and O–H groups in total. The first-order chi connectivity index (χ1) is 9.52. The molecule has 0 atom stereocenters. The molecular formula is C13H18BFN2O3. The monoisotopic (exact) mass is 280 g/mol. The molecule has 0 unspecified atom stereocenters. The molecule has 1 aromatic carbocycles. The minimum Gasteiger partial charge on any atom is -0.423 e.